The van der Waals surface area contributed by atoms with Crippen molar-refractivity contribution in [2.75, 3.05) is 6.61 Å². The molecule has 0 radical (unpaired) electrons. The monoisotopic (exact) mass is 181 g/mol. The summed E-state index contributed by atoms with van der Waals surface area (Å²) in [6, 6.07) is 3.38. The molecule has 1 aromatic rings. The first-order chi connectivity index (χ1) is 6.25. The summed E-state index contributed by atoms with van der Waals surface area (Å²) in [5, 5.41) is 17.5. The predicted molar refractivity (Wildman–Crippen MR) is 46.3 cm³/mol. The largest absolute Gasteiger partial charge is 0.481 e. The second kappa shape index (κ2) is 4.57. The molecule has 1 aromatic heterocycles. The Morgan fingerprint density at radius 1 is 1.62 bits per heavy atom. The molecule has 1 rings (SSSR count). The van der Waals surface area contributed by atoms with Crippen molar-refractivity contribution in [2.24, 2.45) is 0 Å². The standard InChI is InChI=1S/C9H11NO3/c11-5-3-8(9(12)13)7-2-1-4-10-6-7/h1-2,4,6,8,11H,3,5H2,(H,12,13). The minimum Gasteiger partial charge on any atom is -0.481 e. The Kier molecular flexibility index (Phi) is 3.40. The Morgan fingerprint density at radius 3 is 2.85 bits per heavy atom. The zero-order valence-corrected chi connectivity index (χ0v) is 7.05. The van der Waals surface area contributed by atoms with E-state index in [4.69, 9.17) is 10.2 Å². The van der Waals surface area contributed by atoms with E-state index in [1.54, 1.807) is 18.3 Å². The van der Waals surface area contributed by atoms with Gasteiger partial charge in [-0.2, -0.15) is 0 Å². The molecule has 0 fully saturated rings. The Hall–Kier alpha value is -1.42. The fourth-order valence-electron chi connectivity index (χ4n) is 1.14. The van der Waals surface area contributed by atoms with E-state index in [0.29, 0.717) is 5.56 Å². The number of hydrogen-bond donors (Lipinski definition) is 2. The first-order valence-corrected chi connectivity index (χ1v) is 3.99. The van der Waals surface area contributed by atoms with Crippen molar-refractivity contribution in [3.05, 3.63) is 30.1 Å². The molecule has 4 heteroatoms. The van der Waals surface area contributed by atoms with Crippen LogP contribution in [0.3, 0.4) is 0 Å². The maximum absolute atomic E-state index is 10.8. The van der Waals surface area contributed by atoms with Gasteiger partial charge in [-0.3, -0.25) is 9.78 Å². The van der Waals surface area contributed by atoms with E-state index >= 15 is 0 Å². The van der Waals surface area contributed by atoms with Crippen molar-refractivity contribution < 1.29 is 15.0 Å². The molecule has 4 nitrogen and oxygen atoms in total. The normalized spacial score (nSPS) is 12.4. The van der Waals surface area contributed by atoms with Crippen molar-refractivity contribution in [1.29, 1.82) is 0 Å². The second-order valence-electron chi connectivity index (χ2n) is 2.69. The Balaban J connectivity index is 2.82. The summed E-state index contributed by atoms with van der Waals surface area (Å²) in [5.74, 6) is -1.58. The molecule has 0 bridgehead atoms. The number of carbonyl (C=O) groups is 1. The predicted octanol–water partition coefficient (Wildman–Crippen LogP) is 0.632. The lowest BCUT2D eigenvalue weighted by molar-refractivity contribution is -0.139. The van der Waals surface area contributed by atoms with E-state index in [-0.39, 0.29) is 13.0 Å². The van der Waals surface area contributed by atoms with Crippen LogP contribution in [0.2, 0.25) is 0 Å². The van der Waals surface area contributed by atoms with E-state index in [1.165, 1.54) is 6.20 Å². The summed E-state index contributed by atoms with van der Waals surface area (Å²) in [4.78, 5) is 14.6. The third kappa shape index (κ3) is 2.52. The molecule has 1 atom stereocenters. The van der Waals surface area contributed by atoms with Gasteiger partial charge in [-0.25, -0.2) is 0 Å². The highest BCUT2D eigenvalue weighted by molar-refractivity contribution is 5.75. The van der Waals surface area contributed by atoms with Crippen molar-refractivity contribution in [1.82, 2.24) is 4.98 Å². The molecule has 0 spiro atoms. The van der Waals surface area contributed by atoms with Crippen LogP contribution >= 0.6 is 0 Å². The van der Waals surface area contributed by atoms with E-state index < -0.39 is 11.9 Å². The highest BCUT2D eigenvalue weighted by atomic mass is 16.4. The lowest BCUT2D eigenvalue weighted by Gasteiger charge is -2.09. The Labute approximate surface area is 75.9 Å². The van der Waals surface area contributed by atoms with Crippen molar-refractivity contribution >= 4 is 5.97 Å². The van der Waals surface area contributed by atoms with Crippen LogP contribution in [0.1, 0.15) is 17.9 Å². The lowest BCUT2D eigenvalue weighted by Crippen LogP contribution is -2.13. The van der Waals surface area contributed by atoms with Gasteiger partial charge in [-0.15, -0.1) is 0 Å². The topological polar surface area (TPSA) is 70.4 Å². The van der Waals surface area contributed by atoms with Crippen LogP contribution in [0.25, 0.3) is 0 Å². The number of carboxylic acid groups (broad SMARTS) is 1. The van der Waals surface area contributed by atoms with Gasteiger partial charge in [-0.1, -0.05) is 6.07 Å². The van der Waals surface area contributed by atoms with Gasteiger partial charge in [0.2, 0.25) is 0 Å². The molecular weight excluding hydrogens is 170 g/mol. The summed E-state index contributed by atoms with van der Waals surface area (Å²) in [6.07, 6.45) is 3.32. The van der Waals surface area contributed by atoms with Gasteiger partial charge in [0.05, 0.1) is 5.92 Å². The zero-order valence-electron chi connectivity index (χ0n) is 7.05. The number of hydrogen-bond acceptors (Lipinski definition) is 3. The summed E-state index contributed by atoms with van der Waals surface area (Å²) in [6.45, 7) is -0.133. The number of rotatable bonds is 4. The van der Waals surface area contributed by atoms with Crippen molar-refractivity contribution in [3.63, 3.8) is 0 Å². The van der Waals surface area contributed by atoms with E-state index in [1.807, 2.05) is 0 Å². The fourth-order valence-corrected chi connectivity index (χ4v) is 1.14. The summed E-state index contributed by atoms with van der Waals surface area (Å²) >= 11 is 0. The van der Waals surface area contributed by atoms with Crippen LogP contribution in [0.5, 0.6) is 0 Å². The first kappa shape index (κ1) is 9.67. The third-order valence-corrected chi connectivity index (χ3v) is 1.80. The molecule has 0 aliphatic heterocycles. The smallest absolute Gasteiger partial charge is 0.311 e. The average Bonchev–Trinajstić information content (AvgIpc) is 2.15. The minimum atomic E-state index is -0.929. The van der Waals surface area contributed by atoms with Crippen molar-refractivity contribution in [3.8, 4) is 0 Å². The molecule has 0 saturated carbocycles. The molecule has 0 saturated heterocycles. The molecule has 0 aliphatic rings. The number of nitrogens with zero attached hydrogens (tertiary/aromatic N) is 1. The van der Waals surface area contributed by atoms with Crippen LogP contribution in [-0.4, -0.2) is 27.8 Å². The van der Waals surface area contributed by atoms with Gasteiger partial charge in [0, 0.05) is 19.0 Å². The molecule has 1 heterocycles. The molecule has 0 aromatic carbocycles. The van der Waals surface area contributed by atoms with Gasteiger partial charge >= 0.3 is 5.97 Å². The third-order valence-electron chi connectivity index (χ3n) is 1.80. The Bertz CT molecular complexity index is 273. The van der Waals surface area contributed by atoms with Crippen LogP contribution < -0.4 is 0 Å². The lowest BCUT2D eigenvalue weighted by atomic mass is 9.98. The van der Waals surface area contributed by atoms with Gasteiger partial charge in [-0.05, 0) is 18.1 Å². The molecule has 13 heavy (non-hydrogen) atoms. The van der Waals surface area contributed by atoms with Gasteiger partial charge in [0.15, 0.2) is 0 Å². The molecule has 0 amide bonds. The number of aromatic nitrogens is 1. The quantitative estimate of drug-likeness (QED) is 0.714. The van der Waals surface area contributed by atoms with Crippen LogP contribution in [-0.2, 0) is 4.79 Å². The summed E-state index contributed by atoms with van der Waals surface area (Å²) in [7, 11) is 0. The zero-order chi connectivity index (χ0) is 9.68. The minimum absolute atomic E-state index is 0.133. The summed E-state index contributed by atoms with van der Waals surface area (Å²) < 4.78 is 0. The number of aliphatic hydroxyl groups excluding tert-OH is 1. The highest BCUT2D eigenvalue weighted by Gasteiger charge is 2.18. The van der Waals surface area contributed by atoms with Crippen molar-refractivity contribution in [2.45, 2.75) is 12.3 Å². The number of aliphatic carboxylic acids is 1. The van der Waals surface area contributed by atoms with E-state index in [0.717, 1.165) is 0 Å². The number of aliphatic hydroxyl groups is 1. The number of carboxylic acids is 1. The molecule has 70 valence electrons. The molecule has 1 unspecified atom stereocenters. The maximum Gasteiger partial charge on any atom is 0.311 e. The van der Waals surface area contributed by atoms with E-state index in [2.05, 4.69) is 4.98 Å². The van der Waals surface area contributed by atoms with Crippen LogP contribution in [0.15, 0.2) is 24.5 Å². The van der Waals surface area contributed by atoms with Gasteiger partial charge in [0.1, 0.15) is 0 Å². The highest BCUT2D eigenvalue weighted by Crippen LogP contribution is 2.17. The first-order valence-electron chi connectivity index (χ1n) is 3.99. The fraction of sp³-hybridized carbons (Fsp3) is 0.333. The summed E-state index contributed by atoms with van der Waals surface area (Å²) in [5.41, 5.74) is 0.629. The van der Waals surface area contributed by atoms with Crippen LogP contribution in [0, 0.1) is 0 Å². The molecule has 2 N–H and O–H groups in total. The average molecular weight is 181 g/mol. The molecular formula is C9H11NO3. The SMILES string of the molecule is O=C(O)C(CCO)c1cccnc1. The van der Waals surface area contributed by atoms with Gasteiger partial charge in [0.25, 0.3) is 0 Å². The molecule has 0 aliphatic carbocycles. The van der Waals surface area contributed by atoms with Gasteiger partial charge < -0.3 is 10.2 Å². The Morgan fingerprint density at radius 2 is 2.38 bits per heavy atom. The maximum atomic E-state index is 10.8. The van der Waals surface area contributed by atoms with E-state index in [9.17, 15) is 4.79 Å². The van der Waals surface area contributed by atoms with Crippen LogP contribution in [0.4, 0.5) is 0 Å². The second-order valence-corrected chi connectivity index (χ2v) is 2.69. The number of pyridine rings is 1.